The number of carboxylic acid groups (broad SMARTS) is 1. The molecule has 0 aromatic heterocycles. The number of hydrogen-bond donors (Lipinski definition) is 4. The summed E-state index contributed by atoms with van der Waals surface area (Å²) in [4.78, 5) is 38.4. The Labute approximate surface area is 167 Å². The summed E-state index contributed by atoms with van der Waals surface area (Å²) in [6.45, 7) is 0.921. The van der Waals surface area contributed by atoms with Crippen molar-refractivity contribution in [1.82, 2.24) is 10.2 Å². The maximum atomic E-state index is 13.0. The number of nitrogens with two attached hydrogens (primary N) is 2. The van der Waals surface area contributed by atoms with Crippen molar-refractivity contribution in [2.24, 2.45) is 17.4 Å². The summed E-state index contributed by atoms with van der Waals surface area (Å²) in [5, 5.41) is 12.2. The van der Waals surface area contributed by atoms with Crippen LogP contribution in [0, 0.1) is 5.92 Å². The number of nitrogens with one attached hydrogen (secondary N) is 1. The van der Waals surface area contributed by atoms with Gasteiger partial charge >= 0.3 is 5.97 Å². The second-order valence-corrected chi connectivity index (χ2v) is 8.22. The van der Waals surface area contributed by atoms with Crippen LogP contribution >= 0.6 is 0 Å². The number of carboxylic acids is 1. The van der Waals surface area contributed by atoms with Crippen molar-refractivity contribution in [1.29, 1.82) is 0 Å². The van der Waals surface area contributed by atoms with Gasteiger partial charge in [-0.1, -0.05) is 32.1 Å². The smallest absolute Gasteiger partial charge is 0.326 e. The van der Waals surface area contributed by atoms with Gasteiger partial charge < -0.3 is 26.8 Å². The zero-order valence-corrected chi connectivity index (χ0v) is 16.8. The highest BCUT2D eigenvalue weighted by atomic mass is 16.4. The van der Waals surface area contributed by atoms with Crippen LogP contribution in [0.4, 0.5) is 0 Å². The fraction of sp³-hybridized carbons (Fsp3) is 0.850. The average molecular weight is 397 g/mol. The van der Waals surface area contributed by atoms with Crippen LogP contribution in [0.3, 0.4) is 0 Å². The summed E-state index contributed by atoms with van der Waals surface area (Å²) < 4.78 is 0. The van der Waals surface area contributed by atoms with E-state index in [1.165, 1.54) is 24.2 Å². The van der Waals surface area contributed by atoms with Crippen molar-refractivity contribution < 1.29 is 19.5 Å². The minimum Gasteiger partial charge on any atom is -0.480 e. The van der Waals surface area contributed by atoms with Crippen LogP contribution in [0.25, 0.3) is 0 Å². The summed E-state index contributed by atoms with van der Waals surface area (Å²) >= 11 is 0. The second-order valence-electron chi connectivity index (χ2n) is 8.22. The summed E-state index contributed by atoms with van der Waals surface area (Å²) in [7, 11) is 0. The lowest BCUT2D eigenvalue weighted by Gasteiger charge is -2.29. The molecular weight excluding hydrogens is 360 g/mol. The van der Waals surface area contributed by atoms with Crippen molar-refractivity contribution in [2.75, 3.05) is 13.1 Å². The zero-order chi connectivity index (χ0) is 20.5. The molecule has 2 amide bonds. The standard InChI is InChI=1S/C20H36N4O4/c21-11-5-4-9-16(19(26)24-12-6-10-17(24)20(27)28)23-18(25)15(22)13-14-7-2-1-3-8-14/h14-17H,1-13,21-22H2,(H,23,25)(H,27,28)/t15-,16-,17-/m0/s1. The Hall–Kier alpha value is -1.67. The van der Waals surface area contributed by atoms with Gasteiger partial charge in [-0.2, -0.15) is 0 Å². The van der Waals surface area contributed by atoms with Crippen molar-refractivity contribution >= 4 is 17.8 Å². The molecule has 0 spiro atoms. The maximum Gasteiger partial charge on any atom is 0.326 e. The average Bonchev–Trinajstić information content (AvgIpc) is 3.17. The second kappa shape index (κ2) is 11.4. The summed E-state index contributed by atoms with van der Waals surface area (Å²) in [5.74, 6) is -1.16. The maximum absolute atomic E-state index is 13.0. The molecule has 160 valence electrons. The summed E-state index contributed by atoms with van der Waals surface area (Å²) in [5.41, 5.74) is 11.7. The zero-order valence-electron chi connectivity index (χ0n) is 16.8. The Morgan fingerprint density at radius 3 is 2.43 bits per heavy atom. The number of amides is 2. The van der Waals surface area contributed by atoms with E-state index in [4.69, 9.17) is 11.5 Å². The Morgan fingerprint density at radius 1 is 1.07 bits per heavy atom. The Morgan fingerprint density at radius 2 is 1.79 bits per heavy atom. The van der Waals surface area contributed by atoms with E-state index < -0.39 is 24.1 Å². The third-order valence-electron chi connectivity index (χ3n) is 6.03. The van der Waals surface area contributed by atoms with Gasteiger partial charge in [-0.25, -0.2) is 4.79 Å². The van der Waals surface area contributed by atoms with E-state index in [-0.39, 0.29) is 11.8 Å². The highest BCUT2D eigenvalue weighted by molar-refractivity contribution is 5.92. The number of aliphatic carboxylic acids is 1. The van der Waals surface area contributed by atoms with Gasteiger partial charge in [0.15, 0.2) is 0 Å². The number of hydrogen-bond acceptors (Lipinski definition) is 5. The molecule has 1 aliphatic carbocycles. The monoisotopic (exact) mass is 396 g/mol. The van der Waals surface area contributed by atoms with E-state index in [0.717, 1.165) is 19.3 Å². The third kappa shape index (κ3) is 6.44. The summed E-state index contributed by atoms with van der Waals surface area (Å²) in [6.07, 6.45) is 9.46. The van der Waals surface area contributed by atoms with Gasteiger partial charge in [-0.15, -0.1) is 0 Å². The van der Waals surface area contributed by atoms with Gasteiger partial charge in [0.1, 0.15) is 12.1 Å². The molecular formula is C20H36N4O4. The van der Waals surface area contributed by atoms with Crippen LogP contribution in [-0.4, -0.2) is 59.0 Å². The first kappa shape index (κ1) is 22.6. The van der Waals surface area contributed by atoms with Crippen LogP contribution in [-0.2, 0) is 14.4 Å². The molecule has 2 aliphatic rings. The highest BCUT2D eigenvalue weighted by Crippen LogP contribution is 2.27. The van der Waals surface area contributed by atoms with E-state index in [9.17, 15) is 19.5 Å². The number of carbonyl (C=O) groups is 3. The Balaban J connectivity index is 1.97. The predicted molar refractivity (Wildman–Crippen MR) is 106 cm³/mol. The van der Waals surface area contributed by atoms with Crippen LogP contribution in [0.15, 0.2) is 0 Å². The molecule has 1 aliphatic heterocycles. The normalized spacial score (nSPS) is 22.6. The molecule has 2 rings (SSSR count). The van der Waals surface area contributed by atoms with Gasteiger partial charge in [0, 0.05) is 6.54 Å². The molecule has 2 fully saturated rings. The molecule has 0 bridgehead atoms. The van der Waals surface area contributed by atoms with Crippen LogP contribution in [0.1, 0.15) is 70.6 Å². The number of carbonyl (C=O) groups excluding carboxylic acids is 2. The number of nitrogens with zero attached hydrogens (tertiary/aromatic N) is 1. The topological polar surface area (TPSA) is 139 Å². The molecule has 1 heterocycles. The van der Waals surface area contributed by atoms with Gasteiger partial charge in [-0.05, 0) is 51.0 Å². The van der Waals surface area contributed by atoms with E-state index in [0.29, 0.717) is 51.1 Å². The Kier molecular flexibility index (Phi) is 9.18. The number of likely N-dealkylation sites (tertiary alicyclic amines) is 1. The molecule has 1 saturated carbocycles. The molecule has 28 heavy (non-hydrogen) atoms. The minimum absolute atomic E-state index is 0.317. The Bertz CT molecular complexity index is 536. The quantitative estimate of drug-likeness (QED) is 0.406. The lowest BCUT2D eigenvalue weighted by molar-refractivity contribution is -0.149. The first-order chi connectivity index (χ1) is 13.4. The van der Waals surface area contributed by atoms with Crippen LogP contribution in [0.2, 0.25) is 0 Å². The molecule has 3 atom stereocenters. The SMILES string of the molecule is NCCCC[C@H](NC(=O)[C@@H](N)CC1CCCCC1)C(=O)N1CCC[C@H]1C(=O)O. The van der Waals surface area contributed by atoms with Gasteiger partial charge in [-0.3, -0.25) is 9.59 Å². The largest absolute Gasteiger partial charge is 0.480 e. The van der Waals surface area contributed by atoms with Crippen molar-refractivity contribution in [3.63, 3.8) is 0 Å². The van der Waals surface area contributed by atoms with Crippen molar-refractivity contribution in [3.8, 4) is 0 Å². The molecule has 8 nitrogen and oxygen atoms in total. The lowest BCUT2D eigenvalue weighted by atomic mass is 9.85. The highest BCUT2D eigenvalue weighted by Gasteiger charge is 2.37. The van der Waals surface area contributed by atoms with Gasteiger partial charge in [0.25, 0.3) is 0 Å². The first-order valence-electron chi connectivity index (χ1n) is 10.7. The van der Waals surface area contributed by atoms with E-state index in [2.05, 4.69) is 5.32 Å². The van der Waals surface area contributed by atoms with Gasteiger partial charge in [0.2, 0.25) is 11.8 Å². The fourth-order valence-electron chi connectivity index (χ4n) is 4.41. The van der Waals surface area contributed by atoms with E-state index >= 15 is 0 Å². The van der Waals surface area contributed by atoms with Crippen molar-refractivity contribution in [2.45, 2.75) is 88.8 Å². The molecule has 6 N–H and O–H groups in total. The molecule has 0 aromatic rings. The molecule has 0 unspecified atom stereocenters. The molecule has 1 saturated heterocycles. The van der Waals surface area contributed by atoms with E-state index in [1.54, 1.807) is 0 Å². The van der Waals surface area contributed by atoms with E-state index in [1.807, 2.05) is 0 Å². The first-order valence-corrected chi connectivity index (χ1v) is 10.7. The van der Waals surface area contributed by atoms with Crippen LogP contribution < -0.4 is 16.8 Å². The van der Waals surface area contributed by atoms with Crippen molar-refractivity contribution in [3.05, 3.63) is 0 Å². The molecule has 0 aromatic carbocycles. The number of unbranched alkanes of at least 4 members (excludes halogenated alkanes) is 1. The molecule has 0 radical (unpaired) electrons. The summed E-state index contributed by atoms with van der Waals surface area (Å²) in [6, 6.07) is -2.18. The fourth-order valence-corrected chi connectivity index (χ4v) is 4.41. The number of rotatable bonds is 10. The lowest BCUT2D eigenvalue weighted by Crippen LogP contribution is -2.54. The third-order valence-corrected chi connectivity index (χ3v) is 6.03. The van der Waals surface area contributed by atoms with Gasteiger partial charge in [0.05, 0.1) is 6.04 Å². The minimum atomic E-state index is -0.994. The molecule has 8 heteroatoms. The van der Waals surface area contributed by atoms with Crippen LogP contribution in [0.5, 0.6) is 0 Å². The predicted octanol–water partition coefficient (Wildman–Crippen LogP) is 0.974.